The number of urea groups is 1. The van der Waals surface area contributed by atoms with Crippen molar-refractivity contribution in [3.63, 3.8) is 0 Å². The number of benzene rings is 1. The molecule has 2 N–H and O–H groups in total. The lowest BCUT2D eigenvalue weighted by Gasteiger charge is -2.32. The first-order valence-electron chi connectivity index (χ1n) is 8.49. The van der Waals surface area contributed by atoms with E-state index in [9.17, 15) is 4.79 Å². The summed E-state index contributed by atoms with van der Waals surface area (Å²) in [5.74, 6) is 0. The van der Waals surface area contributed by atoms with E-state index in [1.807, 2.05) is 18.2 Å². The van der Waals surface area contributed by atoms with E-state index in [0.29, 0.717) is 6.54 Å². The fourth-order valence-electron chi connectivity index (χ4n) is 3.00. The lowest BCUT2D eigenvalue weighted by molar-refractivity contribution is 0.186. The molecule has 2 amide bonds. The summed E-state index contributed by atoms with van der Waals surface area (Å²) in [5.41, 5.74) is 2.40. The summed E-state index contributed by atoms with van der Waals surface area (Å²) >= 11 is 0. The number of rotatable bonds is 5. The average Bonchev–Trinajstić information content (AvgIpc) is 2.63. The Morgan fingerprint density at radius 2 is 1.75 bits per heavy atom. The van der Waals surface area contributed by atoms with Gasteiger partial charge in [0.1, 0.15) is 0 Å². The van der Waals surface area contributed by atoms with Crippen LogP contribution in [0.5, 0.6) is 0 Å². The van der Waals surface area contributed by atoms with Gasteiger partial charge in [-0.15, -0.1) is 0 Å². The van der Waals surface area contributed by atoms with Crippen molar-refractivity contribution in [2.45, 2.75) is 32.0 Å². The van der Waals surface area contributed by atoms with Gasteiger partial charge in [-0.3, -0.25) is 9.88 Å². The van der Waals surface area contributed by atoms with Gasteiger partial charge in [-0.05, 0) is 36.1 Å². The van der Waals surface area contributed by atoms with E-state index in [1.54, 1.807) is 12.4 Å². The fourth-order valence-corrected chi connectivity index (χ4v) is 3.00. The first-order chi connectivity index (χ1) is 11.8. The van der Waals surface area contributed by atoms with Crippen molar-refractivity contribution in [1.82, 2.24) is 20.5 Å². The Hall–Kier alpha value is -2.40. The van der Waals surface area contributed by atoms with Gasteiger partial charge < -0.3 is 10.6 Å². The highest BCUT2D eigenvalue weighted by Crippen LogP contribution is 2.13. The van der Waals surface area contributed by atoms with Crippen LogP contribution in [0.1, 0.15) is 24.0 Å². The predicted molar refractivity (Wildman–Crippen MR) is 94.3 cm³/mol. The molecule has 126 valence electrons. The van der Waals surface area contributed by atoms with Crippen LogP contribution in [-0.4, -0.2) is 35.0 Å². The smallest absolute Gasteiger partial charge is 0.315 e. The van der Waals surface area contributed by atoms with Gasteiger partial charge in [0, 0.05) is 44.6 Å². The summed E-state index contributed by atoms with van der Waals surface area (Å²) in [6, 6.07) is 14.5. The number of likely N-dealkylation sites (tertiary alicyclic amines) is 1. The van der Waals surface area contributed by atoms with Crippen LogP contribution in [0.4, 0.5) is 4.79 Å². The monoisotopic (exact) mass is 324 g/mol. The Bertz CT molecular complexity index is 624. The number of amides is 2. The van der Waals surface area contributed by atoms with Gasteiger partial charge in [-0.2, -0.15) is 0 Å². The number of carbonyl (C=O) groups is 1. The largest absolute Gasteiger partial charge is 0.335 e. The third-order valence-electron chi connectivity index (χ3n) is 4.37. The van der Waals surface area contributed by atoms with Crippen LogP contribution in [0, 0.1) is 0 Å². The molecule has 0 radical (unpaired) electrons. The highest BCUT2D eigenvalue weighted by atomic mass is 16.2. The van der Waals surface area contributed by atoms with Crippen LogP contribution in [0.25, 0.3) is 0 Å². The minimum Gasteiger partial charge on any atom is -0.335 e. The van der Waals surface area contributed by atoms with Crippen LogP contribution in [0.3, 0.4) is 0 Å². The third-order valence-corrected chi connectivity index (χ3v) is 4.37. The molecule has 2 heterocycles. The summed E-state index contributed by atoms with van der Waals surface area (Å²) < 4.78 is 0. The maximum atomic E-state index is 12.0. The fraction of sp³-hybridized carbons (Fsp3) is 0.368. The molecular weight excluding hydrogens is 300 g/mol. The molecule has 0 saturated carbocycles. The van der Waals surface area contributed by atoms with E-state index in [0.717, 1.165) is 38.0 Å². The Balaban J connectivity index is 1.36. The number of piperidine rings is 1. The van der Waals surface area contributed by atoms with Crippen molar-refractivity contribution >= 4 is 6.03 Å². The van der Waals surface area contributed by atoms with Gasteiger partial charge in [0.05, 0.1) is 0 Å². The molecular formula is C19H24N4O. The summed E-state index contributed by atoms with van der Waals surface area (Å²) in [6.45, 7) is 3.55. The number of hydrogen-bond donors (Lipinski definition) is 2. The molecule has 3 rings (SSSR count). The van der Waals surface area contributed by atoms with Crippen LogP contribution < -0.4 is 10.6 Å². The number of nitrogens with one attached hydrogen (secondary N) is 2. The quantitative estimate of drug-likeness (QED) is 0.889. The minimum atomic E-state index is -0.0895. The highest BCUT2D eigenvalue weighted by Gasteiger charge is 2.20. The van der Waals surface area contributed by atoms with Crippen molar-refractivity contribution in [2.24, 2.45) is 0 Å². The molecule has 1 saturated heterocycles. The van der Waals surface area contributed by atoms with E-state index < -0.39 is 0 Å². The van der Waals surface area contributed by atoms with Crippen molar-refractivity contribution in [3.8, 4) is 0 Å². The molecule has 0 atom stereocenters. The van der Waals surface area contributed by atoms with Crippen LogP contribution in [-0.2, 0) is 13.1 Å². The second-order valence-corrected chi connectivity index (χ2v) is 6.22. The SMILES string of the molecule is O=C(NCc1ccncc1)NC1CCN(Cc2ccccc2)CC1. The zero-order valence-electron chi connectivity index (χ0n) is 13.8. The van der Waals surface area contributed by atoms with Gasteiger partial charge in [0.15, 0.2) is 0 Å². The number of nitrogens with zero attached hydrogens (tertiary/aromatic N) is 2. The second-order valence-electron chi connectivity index (χ2n) is 6.22. The molecule has 0 unspecified atom stereocenters. The van der Waals surface area contributed by atoms with Crippen LogP contribution >= 0.6 is 0 Å². The Labute approximate surface area is 143 Å². The zero-order valence-corrected chi connectivity index (χ0v) is 13.8. The molecule has 1 aromatic carbocycles. The minimum absolute atomic E-state index is 0.0895. The Kier molecular flexibility index (Phi) is 5.80. The maximum Gasteiger partial charge on any atom is 0.315 e. The van der Waals surface area contributed by atoms with E-state index in [1.165, 1.54) is 5.56 Å². The summed E-state index contributed by atoms with van der Waals surface area (Å²) in [6.07, 6.45) is 5.46. The molecule has 5 heteroatoms. The lowest BCUT2D eigenvalue weighted by atomic mass is 10.0. The average molecular weight is 324 g/mol. The molecule has 0 aliphatic carbocycles. The van der Waals surface area contributed by atoms with Crippen molar-refractivity contribution in [1.29, 1.82) is 0 Å². The van der Waals surface area contributed by atoms with Gasteiger partial charge >= 0.3 is 6.03 Å². The van der Waals surface area contributed by atoms with E-state index in [4.69, 9.17) is 0 Å². The lowest BCUT2D eigenvalue weighted by Crippen LogP contribution is -2.47. The third kappa shape index (κ3) is 5.06. The van der Waals surface area contributed by atoms with Gasteiger partial charge in [0.2, 0.25) is 0 Å². The summed E-state index contributed by atoms with van der Waals surface area (Å²) in [5, 5.41) is 5.99. The number of carbonyl (C=O) groups excluding carboxylic acids is 1. The number of pyridine rings is 1. The van der Waals surface area contributed by atoms with Crippen molar-refractivity contribution in [2.75, 3.05) is 13.1 Å². The molecule has 1 aromatic heterocycles. The van der Waals surface area contributed by atoms with Crippen molar-refractivity contribution in [3.05, 3.63) is 66.0 Å². The Morgan fingerprint density at radius 3 is 2.46 bits per heavy atom. The zero-order chi connectivity index (χ0) is 16.6. The van der Waals surface area contributed by atoms with Crippen LogP contribution in [0.15, 0.2) is 54.9 Å². The molecule has 24 heavy (non-hydrogen) atoms. The molecule has 2 aromatic rings. The molecule has 5 nitrogen and oxygen atoms in total. The molecule has 1 fully saturated rings. The summed E-state index contributed by atoms with van der Waals surface area (Å²) in [7, 11) is 0. The molecule has 1 aliphatic rings. The number of aromatic nitrogens is 1. The second kappa shape index (κ2) is 8.45. The van der Waals surface area contributed by atoms with Crippen LogP contribution in [0.2, 0.25) is 0 Å². The standard InChI is InChI=1S/C19H24N4O/c24-19(21-14-16-6-10-20-11-7-16)22-18-8-12-23(13-9-18)15-17-4-2-1-3-5-17/h1-7,10-11,18H,8-9,12-15H2,(H2,21,22,24). The van der Waals surface area contributed by atoms with Gasteiger partial charge in [0.25, 0.3) is 0 Å². The highest BCUT2D eigenvalue weighted by molar-refractivity contribution is 5.74. The summed E-state index contributed by atoms with van der Waals surface area (Å²) in [4.78, 5) is 18.4. The maximum absolute atomic E-state index is 12.0. The van der Waals surface area contributed by atoms with E-state index in [2.05, 4.69) is 44.8 Å². The first-order valence-corrected chi connectivity index (χ1v) is 8.49. The topological polar surface area (TPSA) is 57.3 Å². The molecule has 1 aliphatic heterocycles. The Morgan fingerprint density at radius 1 is 1.04 bits per heavy atom. The molecule has 0 bridgehead atoms. The van der Waals surface area contributed by atoms with E-state index >= 15 is 0 Å². The van der Waals surface area contributed by atoms with Gasteiger partial charge in [-0.1, -0.05) is 30.3 Å². The normalized spacial score (nSPS) is 15.8. The first kappa shape index (κ1) is 16.5. The van der Waals surface area contributed by atoms with Crippen molar-refractivity contribution < 1.29 is 4.79 Å². The predicted octanol–water partition coefficient (Wildman–Crippen LogP) is 2.55. The van der Waals surface area contributed by atoms with Gasteiger partial charge in [-0.25, -0.2) is 4.79 Å². The number of hydrogen-bond acceptors (Lipinski definition) is 3. The molecule has 0 spiro atoms. The van der Waals surface area contributed by atoms with E-state index in [-0.39, 0.29) is 12.1 Å².